The van der Waals surface area contributed by atoms with Crippen LogP contribution in [0, 0.1) is 16.0 Å². The highest BCUT2D eigenvalue weighted by molar-refractivity contribution is 6.11. The molecule has 2 heterocycles. The van der Waals surface area contributed by atoms with Crippen molar-refractivity contribution in [2.45, 2.75) is 37.8 Å². The fourth-order valence-electron chi connectivity index (χ4n) is 4.56. The van der Waals surface area contributed by atoms with Gasteiger partial charge in [-0.05, 0) is 51.1 Å². The molecule has 0 radical (unpaired) electrons. The van der Waals surface area contributed by atoms with Gasteiger partial charge in [0, 0.05) is 25.2 Å². The van der Waals surface area contributed by atoms with Gasteiger partial charge in [0.15, 0.2) is 11.5 Å². The molecule has 0 spiro atoms. The molecule has 3 aliphatic rings. The Hall–Kier alpha value is -2.74. The van der Waals surface area contributed by atoms with E-state index in [9.17, 15) is 19.7 Å². The summed E-state index contributed by atoms with van der Waals surface area (Å²) < 4.78 is 6.09. The number of hydrogen-bond acceptors (Lipinski definition) is 6. The van der Waals surface area contributed by atoms with E-state index in [-0.39, 0.29) is 35.2 Å². The number of benzene rings is 1. The summed E-state index contributed by atoms with van der Waals surface area (Å²) in [6, 6.07) is 5.54. The predicted octanol–water partition coefficient (Wildman–Crippen LogP) is 2.45. The second-order valence-corrected chi connectivity index (χ2v) is 8.21. The van der Waals surface area contributed by atoms with Crippen LogP contribution in [0.2, 0.25) is 0 Å². The molecule has 3 atom stereocenters. The Labute approximate surface area is 169 Å². The van der Waals surface area contributed by atoms with E-state index in [1.165, 1.54) is 12.1 Å². The minimum Gasteiger partial charge on any atom is -0.483 e. The molecule has 2 aliphatic heterocycles. The molecule has 1 saturated carbocycles. The second kappa shape index (κ2) is 7.59. The average molecular weight is 399 g/mol. The van der Waals surface area contributed by atoms with Crippen LogP contribution in [-0.2, 0) is 14.3 Å². The smallest absolute Gasteiger partial charge is 0.290 e. The summed E-state index contributed by atoms with van der Waals surface area (Å²) in [5.41, 5.74) is 1.09. The van der Waals surface area contributed by atoms with Crippen LogP contribution in [0.25, 0.3) is 0 Å². The van der Waals surface area contributed by atoms with E-state index in [0.717, 1.165) is 25.7 Å². The quantitative estimate of drug-likeness (QED) is 0.558. The van der Waals surface area contributed by atoms with Gasteiger partial charge in [0.1, 0.15) is 6.10 Å². The molecule has 0 N–H and O–H groups in total. The van der Waals surface area contributed by atoms with Gasteiger partial charge in [-0.2, -0.15) is 0 Å². The van der Waals surface area contributed by atoms with Gasteiger partial charge in [0.2, 0.25) is 0 Å². The zero-order valence-electron chi connectivity index (χ0n) is 16.7. The minimum atomic E-state index is -0.561. The number of ketones is 1. The molecule has 29 heavy (non-hydrogen) atoms. The summed E-state index contributed by atoms with van der Waals surface area (Å²) in [5.74, 6) is -0.285. The van der Waals surface area contributed by atoms with Gasteiger partial charge in [0.05, 0.1) is 22.5 Å². The van der Waals surface area contributed by atoms with Crippen LogP contribution in [-0.4, -0.2) is 59.7 Å². The number of fused-ring (bicyclic) bond motifs is 1. The van der Waals surface area contributed by atoms with E-state index in [1.807, 2.05) is 19.0 Å². The number of likely N-dealkylation sites (N-methyl/N-ethyl adjacent to an activating group) is 1. The Morgan fingerprint density at radius 1 is 1.17 bits per heavy atom. The Kier molecular flexibility index (Phi) is 5.12. The number of nitrogens with zero attached hydrogens (tertiary/aromatic N) is 3. The highest BCUT2D eigenvalue weighted by Gasteiger charge is 2.51. The topological polar surface area (TPSA) is 93.0 Å². The average Bonchev–Trinajstić information content (AvgIpc) is 2.99. The Morgan fingerprint density at radius 2 is 1.86 bits per heavy atom. The molecule has 1 aromatic rings. The summed E-state index contributed by atoms with van der Waals surface area (Å²) in [6.07, 6.45) is 3.34. The maximum atomic E-state index is 13.4. The maximum absolute atomic E-state index is 13.4. The zero-order valence-corrected chi connectivity index (χ0v) is 16.7. The summed E-state index contributed by atoms with van der Waals surface area (Å²) >= 11 is 0. The lowest BCUT2D eigenvalue weighted by atomic mass is 9.77. The van der Waals surface area contributed by atoms with E-state index >= 15 is 0 Å². The summed E-state index contributed by atoms with van der Waals surface area (Å²) in [6.45, 7) is 1.07. The SMILES string of the molecule is CN(C)CCN1C(=O)C2=C(C(=O)C3CCCCC3O2)C1c1ccc([N+](=O)[O-])cc1. The van der Waals surface area contributed by atoms with Gasteiger partial charge in [-0.1, -0.05) is 6.42 Å². The maximum Gasteiger partial charge on any atom is 0.290 e. The normalized spacial score (nSPS) is 26.4. The van der Waals surface area contributed by atoms with E-state index in [2.05, 4.69) is 0 Å². The molecule has 8 nitrogen and oxygen atoms in total. The number of non-ortho nitro benzene ring substituents is 1. The van der Waals surface area contributed by atoms with Crippen molar-refractivity contribution in [1.82, 2.24) is 9.80 Å². The minimum absolute atomic E-state index is 0.00000541. The number of carbonyl (C=O) groups is 2. The third-order valence-corrected chi connectivity index (χ3v) is 6.07. The van der Waals surface area contributed by atoms with E-state index in [1.54, 1.807) is 17.0 Å². The van der Waals surface area contributed by atoms with Crippen LogP contribution in [0.4, 0.5) is 5.69 Å². The third kappa shape index (κ3) is 3.42. The molecule has 0 saturated heterocycles. The molecule has 0 bridgehead atoms. The highest BCUT2D eigenvalue weighted by atomic mass is 16.6. The van der Waals surface area contributed by atoms with Crippen molar-refractivity contribution < 1.29 is 19.2 Å². The molecule has 1 aliphatic carbocycles. The van der Waals surface area contributed by atoms with Gasteiger partial charge in [-0.3, -0.25) is 19.7 Å². The number of Topliss-reactive ketones (excluding diaryl/α,β-unsaturated/α-hetero) is 1. The molecule has 3 unspecified atom stereocenters. The number of nitro benzene ring substituents is 1. The van der Waals surface area contributed by atoms with Crippen LogP contribution in [0.1, 0.15) is 37.3 Å². The first-order chi connectivity index (χ1) is 13.9. The summed E-state index contributed by atoms with van der Waals surface area (Å²) in [7, 11) is 3.84. The third-order valence-electron chi connectivity index (χ3n) is 6.07. The number of rotatable bonds is 5. The molecule has 1 amide bonds. The van der Waals surface area contributed by atoms with Gasteiger partial charge < -0.3 is 14.5 Å². The first kappa shape index (κ1) is 19.6. The van der Waals surface area contributed by atoms with Crippen molar-refractivity contribution in [2.75, 3.05) is 27.2 Å². The lowest BCUT2D eigenvalue weighted by molar-refractivity contribution is -0.384. The lowest BCUT2D eigenvalue weighted by Gasteiger charge is -2.35. The van der Waals surface area contributed by atoms with Crippen molar-refractivity contribution in [2.24, 2.45) is 5.92 Å². The van der Waals surface area contributed by atoms with E-state index in [0.29, 0.717) is 24.2 Å². The van der Waals surface area contributed by atoms with Crippen molar-refractivity contribution in [1.29, 1.82) is 0 Å². The Balaban J connectivity index is 1.74. The van der Waals surface area contributed by atoms with E-state index < -0.39 is 11.0 Å². The molecule has 1 aromatic carbocycles. The van der Waals surface area contributed by atoms with Crippen molar-refractivity contribution >= 4 is 17.4 Å². The first-order valence-electron chi connectivity index (χ1n) is 10.0. The van der Waals surface area contributed by atoms with Crippen molar-refractivity contribution in [3.05, 3.63) is 51.3 Å². The number of carbonyl (C=O) groups excluding carboxylic acids is 2. The van der Waals surface area contributed by atoms with Gasteiger partial charge in [-0.25, -0.2) is 0 Å². The monoisotopic (exact) mass is 399 g/mol. The molecule has 1 fully saturated rings. The number of ether oxygens (including phenoxy) is 1. The van der Waals surface area contributed by atoms with E-state index in [4.69, 9.17) is 4.74 Å². The Bertz CT molecular complexity index is 877. The van der Waals surface area contributed by atoms with Crippen LogP contribution in [0.5, 0.6) is 0 Å². The summed E-state index contributed by atoms with van der Waals surface area (Å²) in [4.78, 5) is 40.8. The standard InChI is InChI=1S/C21H25N3O5/c1-22(2)11-12-23-18(13-7-9-14(10-8-13)24(27)28)17-19(25)15-5-3-4-6-16(15)29-20(17)21(23)26/h7-10,15-16,18H,3-6,11-12H2,1-2H3. The molecule has 4 rings (SSSR count). The fraction of sp³-hybridized carbons (Fsp3) is 0.524. The van der Waals surface area contributed by atoms with Crippen LogP contribution < -0.4 is 0 Å². The van der Waals surface area contributed by atoms with Crippen LogP contribution in [0.15, 0.2) is 35.6 Å². The molecule has 154 valence electrons. The van der Waals surface area contributed by atoms with Crippen LogP contribution >= 0.6 is 0 Å². The fourth-order valence-corrected chi connectivity index (χ4v) is 4.56. The van der Waals surface area contributed by atoms with Gasteiger partial charge in [-0.15, -0.1) is 0 Å². The van der Waals surface area contributed by atoms with Gasteiger partial charge in [0.25, 0.3) is 11.6 Å². The highest BCUT2D eigenvalue weighted by Crippen LogP contribution is 2.46. The Morgan fingerprint density at radius 3 is 2.52 bits per heavy atom. The second-order valence-electron chi connectivity index (χ2n) is 8.21. The largest absolute Gasteiger partial charge is 0.483 e. The number of nitro groups is 1. The lowest BCUT2D eigenvalue weighted by Crippen LogP contribution is -2.39. The molecule has 0 aromatic heterocycles. The van der Waals surface area contributed by atoms with Crippen molar-refractivity contribution in [3.8, 4) is 0 Å². The molecule has 8 heteroatoms. The number of hydrogen-bond donors (Lipinski definition) is 0. The number of amides is 1. The van der Waals surface area contributed by atoms with Crippen LogP contribution in [0.3, 0.4) is 0 Å². The zero-order chi connectivity index (χ0) is 20.7. The molecular formula is C21H25N3O5. The first-order valence-corrected chi connectivity index (χ1v) is 10.0. The van der Waals surface area contributed by atoms with Crippen molar-refractivity contribution in [3.63, 3.8) is 0 Å². The summed E-state index contributed by atoms with van der Waals surface area (Å²) in [5, 5.41) is 11.0. The van der Waals surface area contributed by atoms with Gasteiger partial charge >= 0.3 is 0 Å². The molecular weight excluding hydrogens is 374 g/mol. The predicted molar refractivity (Wildman–Crippen MR) is 105 cm³/mol.